The summed E-state index contributed by atoms with van der Waals surface area (Å²) in [7, 11) is 0. The normalized spacial score (nSPS) is 10.9. The minimum absolute atomic E-state index is 1.01. The van der Waals surface area contributed by atoms with Crippen molar-refractivity contribution in [1.29, 1.82) is 0 Å². The molecule has 154 valence electrons. The van der Waals surface area contributed by atoms with Crippen LogP contribution in [0.2, 0.25) is 0 Å². The molecule has 0 aliphatic heterocycles. The first kappa shape index (κ1) is 21.2. The SMILES string of the molecule is Cc1cccc(C=Cc2ccc(C#Cc3ccc(C=Cc4cccc(C)c4)cc3)cc2)c1. The topological polar surface area (TPSA) is 0 Å². The Morgan fingerprint density at radius 1 is 0.438 bits per heavy atom. The average Bonchev–Trinajstić information content (AvgIpc) is 2.81. The Labute approximate surface area is 191 Å². The Hall–Kier alpha value is -4.08. The lowest BCUT2D eigenvalue weighted by Gasteiger charge is -1.98. The summed E-state index contributed by atoms with van der Waals surface area (Å²) in [4.78, 5) is 0. The molecule has 0 saturated carbocycles. The van der Waals surface area contributed by atoms with Gasteiger partial charge in [-0.15, -0.1) is 0 Å². The van der Waals surface area contributed by atoms with Gasteiger partial charge in [0.25, 0.3) is 0 Å². The van der Waals surface area contributed by atoms with Gasteiger partial charge in [-0.25, -0.2) is 0 Å². The van der Waals surface area contributed by atoms with E-state index in [1.807, 2.05) is 0 Å². The number of benzene rings is 4. The third-order valence-electron chi connectivity index (χ3n) is 5.19. The zero-order valence-corrected chi connectivity index (χ0v) is 18.5. The van der Waals surface area contributed by atoms with Crippen LogP contribution in [0.15, 0.2) is 97.1 Å². The van der Waals surface area contributed by atoms with Crippen molar-refractivity contribution in [3.63, 3.8) is 0 Å². The van der Waals surface area contributed by atoms with E-state index in [1.165, 1.54) is 33.4 Å². The second-order valence-electron chi connectivity index (χ2n) is 7.99. The number of rotatable bonds is 4. The van der Waals surface area contributed by atoms with E-state index in [-0.39, 0.29) is 0 Å². The van der Waals surface area contributed by atoms with Gasteiger partial charge in [0.05, 0.1) is 0 Å². The first-order valence-electron chi connectivity index (χ1n) is 10.9. The highest BCUT2D eigenvalue weighted by Gasteiger charge is 1.93. The molecule has 4 rings (SSSR count). The highest BCUT2D eigenvalue weighted by Crippen LogP contribution is 2.13. The Morgan fingerprint density at radius 3 is 1.19 bits per heavy atom. The smallest absolute Gasteiger partial charge is 0.0249 e. The number of hydrogen-bond acceptors (Lipinski definition) is 0. The summed E-state index contributed by atoms with van der Waals surface area (Å²) >= 11 is 0. The highest BCUT2D eigenvalue weighted by molar-refractivity contribution is 5.71. The van der Waals surface area contributed by atoms with Crippen LogP contribution < -0.4 is 0 Å². The summed E-state index contributed by atoms with van der Waals surface area (Å²) in [6.45, 7) is 4.22. The molecule has 0 atom stereocenters. The molecule has 32 heavy (non-hydrogen) atoms. The van der Waals surface area contributed by atoms with Gasteiger partial charge in [-0.3, -0.25) is 0 Å². The zero-order valence-electron chi connectivity index (χ0n) is 18.5. The molecular weight excluding hydrogens is 384 g/mol. The van der Waals surface area contributed by atoms with Gasteiger partial charge in [0.2, 0.25) is 0 Å². The summed E-state index contributed by atoms with van der Waals surface area (Å²) in [5, 5.41) is 0. The monoisotopic (exact) mass is 410 g/mol. The van der Waals surface area contributed by atoms with Gasteiger partial charge in [0, 0.05) is 11.1 Å². The van der Waals surface area contributed by atoms with Gasteiger partial charge in [-0.05, 0) is 60.4 Å². The van der Waals surface area contributed by atoms with Crippen LogP contribution >= 0.6 is 0 Å². The van der Waals surface area contributed by atoms with E-state index in [1.54, 1.807) is 0 Å². The molecule has 0 radical (unpaired) electrons. The molecule has 0 heteroatoms. The molecule has 0 aromatic heterocycles. The fourth-order valence-electron chi connectivity index (χ4n) is 3.43. The number of hydrogen-bond donors (Lipinski definition) is 0. The predicted molar refractivity (Wildman–Crippen MR) is 139 cm³/mol. The predicted octanol–water partition coefficient (Wildman–Crippen LogP) is 8.04. The third kappa shape index (κ3) is 6.21. The molecular formula is C32H26. The largest absolute Gasteiger partial charge is 0.0617 e. The van der Waals surface area contributed by atoms with Crippen LogP contribution in [-0.4, -0.2) is 0 Å². The molecule has 0 spiro atoms. The van der Waals surface area contributed by atoms with Gasteiger partial charge in [-0.2, -0.15) is 0 Å². The van der Waals surface area contributed by atoms with Gasteiger partial charge in [0.1, 0.15) is 0 Å². The molecule has 4 aromatic carbocycles. The van der Waals surface area contributed by atoms with E-state index in [9.17, 15) is 0 Å². The second kappa shape index (κ2) is 10.3. The molecule has 0 fully saturated rings. The Balaban J connectivity index is 1.38. The van der Waals surface area contributed by atoms with Crippen LogP contribution in [0, 0.1) is 25.7 Å². The molecule has 0 aliphatic rings. The van der Waals surface area contributed by atoms with E-state index < -0.39 is 0 Å². The van der Waals surface area contributed by atoms with Crippen LogP contribution in [-0.2, 0) is 0 Å². The molecule has 0 N–H and O–H groups in total. The maximum Gasteiger partial charge on any atom is 0.0249 e. The molecule has 0 amide bonds. The van der Waals surface area contributed by atoms with Crippen molar-refractivity contribution in [1.82, 2.24) is 0 Å². The molecule has 0 heterocycles. The van der Waals surface area contributed by atoms with Crippen molar-refractivity contribution in [2.75, 3.05) is 0 Å². The van der Waals surface area contributed by atoms with Gasteiger partial charge >= 0.3 is 0 Å². The standard InChI is InChI=1S/C32H26/c1-25-5-3-7-31(23-25)21-19-29-15-11-27(12-16-29)9-10-28-13-17-30(18-14-28)20-22-32-8-4-6-26(2)24-32/h3-8,11-24H,1-2H3. The molecule has 4 aromatic rings. The minimum atomic E-state index is 1.01. The summed E-state index contributed by atoms with van der Waals surface area (Å²) in [5.74, 6) is 6.52. The summed E-state index contributed by atoms with van der Waals surface area (Å²) in [5.41, 5.74) is 9.34. The van der Waals surface area contributed by atoms with Crippen LogP contribution in [0.4, 0.5) is 0 Å². The van der Waals surface area contributed by atoms with Gasteiger partial charge in [-0.1, -0.05) is 120 Å². The molecule has 0 bridgehead atoms. The summed E-state index contributed by atoms with van der Waals surface area (Å²) in [6, 6.07) is 33.7. The van der Waals surface area contributed by atoms with Gasteiger partial charge < -0.3 is 0 Å². The van der Waals surface area contributed by atoms with Crippen LogP contribution in [0.3, 0.4) is 0 Å². The Kier molecular flexibility index (Phi) is 6.81. The van der Waals surface area contributed by atoms with Gasteiger partial charge in [0.15, 0.2) is 0 Å². The lowest BCUT2D eigenvalue weighted by molar-refractivity contribution is 1.46. The van der Waals surface area contributed by atoms with Crippen molar-refractivity contribution >= 4 is 24.3 Å². The fraction of sp³-hybridized carbons (Fsp3) is 0.0625. The van der Waals surface area contributed by atoms with Crippen molar-refractivity contribution in [3.05, 3.63) is 142 Å². The lowest BCUT2D eigenvalue weighted by Crippen LogP contribution is -1.79. The average molecular weight is 411 g/mol. The maximum absolute atomic E-state index is 3.26. The maximum atomic E-state index is 3.26. The minimum Gasteiger partial charge on any atom is -0.0617 e. The van der Waals surface area contributed by atoms with Crippen LogP contribution in [0.5, 0.6) is 0 Å². The van der Waals surface area contributed by atoms with E-state index in [4.69, 9.17) is 0 Å². The van der Waals surface area contributed by atoms with Crippen molar-refractivity contribution in [2.24, 2.45) is 0 Å². The summed E-state index contributed by atoms with van der Waals surface area (Å²) < 4.78 is 0. The van der Waals surface area contributed by atoms with E-state index >= 15 is 0 Å². The van der Waals surface area contributed by atoms with Crippen LogP contribution in [0.25, 0.3) is 24.3 Å². The first-order valence-corrected chi connectivity index (χ1v) is 10.9. The lowest BCUT2D eigenvalue weighted by atomic mass is 10.1. The highest BCUT2D eigenvalue weighted by atomic mass is 14.0. The van der Waals surface area contributed by atoms with Crippen molar-refractivity contribution in [2.45, 2.75) is 13.8 Å². The fourth-order valence-corrected chi connectivity index (χ4v) is 3.43. The van der Waals surface area contributed by atoms with E-state index in [0.29, 0.717) is 0 Å². The van der Waals surface area contributed by atoms with Crippen molar-refractivity contribution in [3.8, 4) is 11.8 Å². The zero-order chi connectivity index (χ0) is 22.2. The number of aryl methyl sites for hydroxylation is 2. The molecule has 0 nitrogen and oxygen atoms in total. The Morgan fingerprint density at radius 2 is 0.812 bits per heavy atom. The second-order valence-corrected chi connectivity index (χ2v) is 7.99. The first-order chi connectivity index (χ1) is 15.6. The molecule has 0 unspecified atom stereocenters. The van der Waals surface area contributed by atoms with E-state index in [2.05, 4.69) is 147 Å². The summed E-state index contributed by atoms with van der Waals surface area (Å²) in [6.07, 6.45) is 8.55. The molecule has 0 saturated heterocycles. The Bertz CT molecular complexity index is 1200. The quantitative estimate of drug-likeness (QED) is 0.236. The third-order valence-corrected chi connectivity index (χ3v) is 5.19. The van der Waals surface area contributed by atoms with E-state index in [0.717, 1.165) is 11.1 Å². The van der Waals surface area contributed by atoms with Crippen molar-refractivity contribution < 1.29 is 0 Å². The van der Waals surface area contributed by atoms with Crippen LogP contribution in [0.1, 0.15) is 44.5 Å². The molecule has 0 aliphatic carbocycles.